The second kappa shape index (κ2) is 5.99. The number of nitrogens with one attached hydrogen (secondary N) is 1. The summed E-state index contributed by atoms with van der Waals surface area (Å²) in [6, 6.07) is 6.41. The van der Waals surface area contributed by atoms with Gasteiger partial charge in [-0.05, 0) is 36.7 Å². The molecule has 0 spiro atoms. The normalized spacial score (nSPS) is 11.1. The molecule has 14 heavy (non-hydrogen) atoms. The lowest BCUT2D eigenvalue weighted by Gasteiger charge is -2.03. The van der Waals surface area contributed by atoms with Crippen LogP contribution in [-0.2, 0) is 6.42 Å². The van der Waals surface area contributed by atoms with Crippen molar-refractivity contribution in [3.63, 3.8) is 0 Å². The molecule has 0 radical (unpaired) electrons. The Labute approximate surface area is 94.3 Å². The summed E-state index contributed by atoms with van der Waals surface area (Å²) >= 11 is 3.48. The van der Waals surface area contributed by atoms with Gasteiger partial charge in [0.05, 0.1) is 0 Å². The van der Waals surface area contributed by atoms with Gasteiger partial charge >= 0.3 is 0 Å². The Balaban J connectivity index is 2.85. The van der Waals surface area contributed by atoms with Crippen molar-refractivity contribution < 1.29 is 0 Å². The van der Waals surface area contributed by atoms with Crippen molar-refractivity contribution in [2.75, 3.05) is 13.6 Å². The Bertz CT molecular complexity index is 318. The van der Waals surface area contributed by atoms with Crippen molar-refractivity contribution in [1.29, 1.82) is 0 Å². The van der Waals surface area contributed by atoms with E-state index in [1.165, 1.54) is 11.1 Å². The van der Waals surface area contributed by atoms with Crippen LogP contribution >= 0.6 is 15.9 Å². The average molecular weight is 254 g/mol. The Hall–Kier alpha value is -0.600. The number of hydrogen-bond donors (Lipinski definition) is 1. The van der Waals surface area contributed by atoms with Crippen LogP contribution < -0.4 is 5.32 Å². The summed E-state index contributed by atoms with van der Waals surface area (Å²) in [5.74, 6) is 0. The van der Waals surface area contributed by atoms with Gasteiger partial charge in [0.2, 0.25) is 0 Å². The quantitative estimate of drug-likeness (QED) is 0.869. The lowest BCUT2D eigenvalue weighted by atomic mass is 10.1. The third-order valence-electron chi connectivity index (χ3n) is 2.11. The van der Waals surface area contributed by atoms with Crippen LogP contribution in [0, 0.1) is 0 Å². The summed E-state index contributed by atoms with van der Waals surface area (Å²) in [5.41, 5.74) is 2.69. The summed E-state index contributed by atoms with van der Waals surface area (Å²) in [7, 11) is 1.95. The number of benzene rings is 1. The van der Waals surface area contributed by atoms with E-state index in [1.54, 1.807) is 0 Å². The second-order valence-electron chi connectivity index (χ2n) is 3.16. The fraction of sp³-hybridized carbons (Fsp3) is 0.333. The number of rotatable bonds is 4. The summed E-state index contributed by atoms with van der Waals surface area (Å²) in [6.07, 6.45) is 5.38. The minimum atomic E-state index is 0.916. The monoisotopic (exact) mass is 253 g/mol. The maximum atomic E-state index is 3.48. The van der Waals surface area contributed by atoms with Gasteiger partial charge in [-0.1, -0.05) is 41.1 Å². The van der Waals surface area contributed by atoms with E-state index in [1.807, 2.05) is 7.05 Å². The molecule has 0 saturated carbocycles. The van der Waals surface area contributed by atoms with Crippen LogP contribution in [0.25, 0.3) is 6.08 Å². The Morgan fingerprint density at radius 1 is 1.43 bits per heavy atom. The highest BCUT2D eigenvalue weighted by molar-refractivity contribution is 9.10. The van der Waals surface area contributed by atoms with Crippen LogP contribution in [0.1, 0.15) is 18.1 Å². The molecule has 1 N–H and O–H groups in total. The molecule has 0 heterocycles. The highest BCUT2D eigenvalue weighted by Crippen LogP contribution is 2.18. The standard InChI is InChI=1S/C12H16BrN/c1-3-10-9-12(13)7-6-11(10)5-4-8-14-2/h4-7,9,14H,3,8H2,1-2H3. The van der Waals surface area contributed by atoms with Crippen molar-refractivity contribution >= 4 is 22.0 Å². The SMILES string of the molecule is CCc1cc(Br)ccc1C=CCNC. The maximum Gasteiger partial charge on any atom is 0.0178 e. The number of hydrogen-bond acceptors (Lipinski definition) is 1. The molecule has 1 nitrogen and oxygen atoms in total. The molecule has 0 saturated heterocycles. The van der Waals surface area contributed by atoms with Crippen LogP contribution in [-0.4, -0.2) is 13.6 Å². The first-order chi connectivity index (χ1) is 6.77. The van der Waals surface area contributed by atoms with Crippen LogP contribution in [0.2, 0.25) is 0 Å². The molecule has 0 atom stereocenters. The lowest BCUT2D eigenvalue weighted by Crippen LogP contribution is -2.03. The molecule has 0 fully saturated rings. The molecular weight excluding hydrogens is 238 g/mol. The summed E-state index contributed by atoms with van der Waals surface area (Å²) in [6.45, 7) is 3.09. The van der Waals surface area contributed by atoms with Gasteiger partial charge in [-0.15, -0.1) is 0 Å². The maximum absolute atomic E-state index is 3.48. The van der Waals surface area contributed by atoms with E-state index in [4.69, 9.17) is 0 Å². The minimum Gasteiger partial charge on any atom is -0.316 e. The van der Waals surface area contributed by atoms with Crippen LogP contribution in [0.3, 0.4) is 0 Å². The van der Waals surface area contributed by atoms with Gasteiger partial charge in [0, 0.05) is 11.0 Å². The highest BCUT2D eigenvalue weighted by atomic mass is 79.9. The fourth-order valence-corrected chi connectivity index (χ4v) is 1.76. The van der Waals surface area contributed by atoms with Gasteiger partial charge in [-0.25, -0.2) is 0 Å². The molecule has 1 aromatic carbocycles. The smallest absolute Gasteiger partial charge is 0.0178 e. The van der Waals surface area contributed by atoms with Gasteiger partial charge in [0.1, 0.15) is 0 Å². The molecule has 76 valence electrons. The molecule has 1 aromatic rings. The molecule has 0 aliphatic rings. The van der Waals surface area contributed by atoms with Crippen LogP contribution in [0.15, 0.2) is 28.7 Å². The first-order valence-corrected chi connectivity index (χ1v) is 5.66. The Morgan fingerprint density at radius 3 is 2.86 bits per heavy atom. The first kappa shape index (κ1) is 11.5. The fourth-order valence-electron chi connectivity index (χ4n) is 1.35. The van der Waals surface area contributed by atoms with Crippen molar-refractivity contribution in [2.24, 2.45) is 0 Å². The topological polar surface area (TPSA) is 12.0 Å². The van der Waals surface area contributed by atoms with E-state index in [-0.39, 0.29) is 0 Å². The zero-order chi connectivity index (χ0) is 10.4. The van der Waals surface area contributed by atoms with Gasteiger partial charge in [0.25, 0.3) is 0 Å². The molecule has 0 unspecified atom stereocenters. The van der Waals surface area contributed by atoms with Crippen molar-refractivity contribution in [2.45, 2.75) is 13.3 Å². The third kappa shape index (κ3) is 3.28. The van der Waals surface area contributed by atoms with Crippen LogP contribution in [0.4, 0.5) is 0 Å². The van der Waals surface area contributed by atoms with E-state index in [0.717, 1.165) is 17.4 Å². The van der Waals surface area contributed by atoms with E-state index in [2.05, 4.69) is 58.5 Å². The molecule has 0 bridgehead atoms. The molecule has 1 rings (SSSR count). The second-order valence-corrected chi connectivity index (χ2v) is 4.07. The lowest BCUT2D eigenvalue weighted by molar-refractivity contribution is 0.922. The average Bonchev–Trinajstić information content (AvgIpc) is 2.20. The zero-order valence-corrected chi connectivity index (χ0v) is 10.3. The molecule has 2 heteroatoms. The molecule has 0 aliphatic heterocycles. The number of aryl methyl sites for hydroxylation is 1. The highest BCUT2D eigenvalue weighted by Gasteiger charge is 1.97. The molecular formula is C12H16BrN. The predicted octanol–water partition coefficient (Wildman–Crippen LogP) is 3.24. The third-order valence-corrected chi connectivity index (χ3v) is 2.60. The summed E-state index contributed by atoms with van der Waals surface area (Å²) in [5, 5.41) is 3.09. The van der Waals surface area contributed by atoms with E-state index >= 15 is 0 Å². The zero-order valence-electron chi connectivity index (χ0n) is 8.68. The van der Waals surface area contributed by atoms with Crippen LogP contribution in [0.5, 0.6) is 0 Å². The number of likely N-dealkylation sites (N-methyl/N-ethyl adjacent to an activating group) is 1. The summed E-state index contributed by atoms with van der Waals surface area (Å²) < 4.78 is 1.15. The Kier molecular flexibility index (Phi) is 4.91. The van der Waals surface area contributed by atoms with Gasteiger partial charge in [-0.2, -0.15) is 0 Å². The minimum absolute atomic E-state index is 0.916. The van der Waals surface area contributed by atoms with E-state index in [9.17, 15) is 0 Å². The largest absolute Gasteiger partial charge is 0.316 e. The summed E-state index contributed by atoms with van der Waals surface area (Å²) in [4.78, 5) is 0. The molecule has 0 aliphatic carbocycles. The molecule has 0 amide bonds. The van der Waals surface area contributed by atoms with Gasteiger partial charge < -0.3 is 5.32 Å². The predicted molar refractivity (Wildman–Crippen MR) is 66.5 cm³/mol. The first-order valence-electron chi connectivity index (χ1n) is 4.87. The van der Waals surface area contributed by atoms with E-state index < -0.39 is 0 Å². The molecule has 0 aromatic heterocycles. The van der Waals surface area contributed by atoms with Crippen molar-refractivity contribution in [1.82, 2.24) is 5.32 Å². The van der Waals surface area contributed by atoms with Crippen molar-refractivity contribution in [3.05, 3.63) is 39.9 Å². The van der Waals surface area contributed by atoms with Gasteiger partial charge in [-0.3, -0.25) is 0 Å². The number of halogens is 1. The Morgan fingerprint density at radius 2 is 2.21 bits per heavy atom. The van der Waals surface area contributed by atoms with Gasteiger partial charge in [0.15, 0.2) is 0 Å². The van der Waals surface area contributed by atoms with Crippen molar-refractivity contribution in [3.8, 4) is 0 Å². The van der Waals surface area contributed by atoms with E-state index in [0.29, 0.717) is 0 Å².